The van der Waals surface area contributed by atoms with Crippen molar-refractivity contribution in [2.75, 3.05) is 0 Å². The Balaban J connectivity index is 1.82. The fraction of sp³-hybridized carbons (Fsp3) is 0. The van der Waals surface area contributed by atoms with Gasteiger partial charge in [0, 0.05) is 38.4 Å². The van der Waals surface area contributed by atoms with Crippen LogP contribution >= 0.6 is 22.6 Å². The Morgan fingerprint density at radius 3 is 2.30 bits per heavy atom. The van der Waals surface area contributed by atoms with Crippen LogP contribution in [0.3, 0.4) is 0 Å². The number of halogens is 1. The van der Waals surface area contributed by atoms with E-state index in [0.717, 1.165) is 14.7 Å². The lowest BCUT2D eigenvalue weighted by Gasteiger charge is -1.97. The predicted molar refractivity (Wildman–Crippen MR) is 121 cm³/mol. The van der Waals surface area contributed by atoms with E-state index in [-0.39, 0.29) is 0 Å². The van der Waals surface area contributed by atoms with E-state index >= 15 is 0 Å². The first-order valence-corrected chi connectivity index (χ1v) is 10.1. The summed E-state index contributed by atoms with van der Waals surface area (Å²) in [4.78, 5) is 0. The molecule has 7 aromatic rings. The van der Waals surface area contributed by atoms with Crippen LogP contribution in [0.25, 0.3) is 60.0 Å². The average Bonchev–Trinajstić information content (AvgIpc) is 3.33. The number of nitrogens with zero attached hydrogens (tertiary/aromatic N) is 1. The van der Waals surface area contributed by atoms with Crippen molar-refractivity contribution in [2.45, 2.75) is 0 Å². The highest BCUT2D eigenvalue weighted by molar-refractivity contribution is 14.1. The fourth-order valence-electron chi connectivity index (χ4n) is 4.69. The maximum absolute atomic E-state index is 6.27. The second kappa shape index (κ2) is 4.73. The molecule has 0 fully saturated rings. The molecule has 4 aromatic carbocycles. The Morgan fingerprint density at radius 2 is 1.37 bits per heavy atom. The van der Waals surface area contributed by atoms with Crippen LogP contribution in [0.4, 0.5) is 0 Å². The molecule has 2 nitrogen and oxygen atoms in total. The molecule has 0 spiro atoms. The van der Waals surface area contributed by atoms with E-state index in [0.29, 0.717) is 0 Å². The molecule has 0 aliphatic heterocycles. The van der Waals surface area contributed by atoms with E-state index in [1.165, 1.54) is 48.9 Å². The van der Waals surface area contributed by atoms with Crippen LogP contribution in [0, 0.1) is 3.57 Å². The van der Waals surface area contributed by atoms with Gasteiger partial charge in [-0.25, -0.2) is 0 Å². The molecule has 0 aliphatic carbocycles. The van der Waals surface area contributed by atoms with Crippen LogP contribution in [0.2, 0.25) is 0 Å². The van der Waals surface area contributed by atoms with Gasteiger partial charge in [0.25, 0.3) is 0 Å². The van der Waals surface area contributed by atoms with E-state index < -0.39 is 0 Å². The van der Waals surface area contributed by atoms with E-state index in [1.807, 2.05) is 0 Å². The highest BCUT2D eigenvalue weighted by Gasteiger charge is 2.19. The van der Waals surface area contributed by atoms with Gasteiger partial charge >= 0.3 is 0 Å². The lowest BCUT2D eigenvalue weighted by Crippen LogP contribution is -1.79. The molecule has 0 radical (unpaired) electrons. The zero-order valence-electron chi connectivity index (χ0n) is 14.2. The van der Waals surface area contributed by atoms with Crippen LogP contribution in [0.1, 0.15) is 0 Å². The summed E-state index contributed by atoms with van der Waals surface area (Å²) in [6.45, 7) is 0. The quantitative estimate of drug-likeness (QED) is 0.218. The summed E-state index contributed by atoms with van der Waals surface area (Å²) >= 11 is 2.35. The minimum atomic E-state index is 0.951. The minimum absolute atomic E-state index is 0.951. The van der Waals surface area contributed by atoms with Crippen molar-refractivity contribution in [2.24, 2.45) is 0 Å². The highest BCUT2D eigenvalue weighted by atomic mass is 127. The van der Waals surface area contributed by atoms with Crippen molar-refractivity contribution in [1.29, 1.82) is 0 Å². The van der Waals surface area contributed by atoms with Gasteiger partial charge < -0.3 is 8.82 Å². The van der Waals surface area contributed by atoms with E-state index in [9.17, 15) is 0 Å². The fourth-order valence-corrected chi connectivity index (χ4v) is 5.29. The molecule has 0 aliphatic rings. The number of rotatable bonds is 0. The largest absolute Gasteiger partial charge is 0.455 e. The summed E-state index contributed by atoms with van der Waals surface area (Å²) in [5, 5.41) is 7.59. The van der Waals surface area contributed by atoms with Crippen LogP contribution in [-0.2, 0) is 0 Å². The van der Waals surface area contributed by atoms with Gasteiger partial charge in [0.05, 0.1) is 20.1 Å². The summed E-state index contributed by atoms with van der Waals surface area (Å²) < 4.78 is 9.82. The lowest BCUT2D eigenvalue weighted by molar-refractivity contribution is 0.667. The van der Waals surface area contributed by atoms with Gasteiger partial charge in [-0.1, -0.05) is 48.5 Å². The number of para-hydroxylation sites is 3. The van der Waals surface area contributed by atoms with Gasteiger partial charge in [-0.2, -0.15) is 0 Å². The first-order valence-electron chi connectivity index (χ1n) is 8.99. The molecule has 0 unspecified atom stereocenters. The monoisotopic (exact) mass is 457 g/mol. The number of benzene rings is 4. The van der Waals surface area contributed by atoms with Crippen LogP contribution in [0.5, 0.6) is 0 Å². The van der Waals surface area contributed by atoms with Crippen molar-refractivity contribution in [3.05, 3.63) is 76.4 Å². The molecule has 0 amide bonds. The molecule has 3 heterocycles. The zero-order valence-corrected chi connectivity index (χ0v) is 16.3. The van der Waals surface area contributed by atoms with Crippen LogP contribution in [0.15, 0.2) is 77.2 Å². The summed E-state index contributed by atoms with van der Waals surface area (Å²) in [6, 6.07) is 26.2. The summed E-state index contributed by atoms with van der Waals surface area (Å²) in [5.41, 5.74) is 5.70. The smallest absolute Gasteiger partial charge is 0.148 e. The SMILES string of the molecule is Ic1cccc2c1oc1cc3c(cc12)c1cccc2c4ccccc4n3c21. The maximum atomic E-state index is 6.27. The van der Waals surface area contributed by atoms with Gasteiger partial charge in [-0.05, 0) is 40.8 Å². The number of hydrogen-bond acceptors (Lipinski definition) is 1. The molecule has 27 heavy (non-hydrogen) atoms. The van der Waals surface area contributed by atoms with Gasteiger partial charge in [0.2, 0.25) is 0 Å². The standard InChI is InChI=1S/C24H12INO/c25-19-9-4-8-16-18-11-17-15-7-3-6-14-13-5-1-2-10-20(13)26(23(14)15)21(17)12-22(18)27-24(16)19/h1-12H. The normalized spacial score (nSPS) is 12.6. The summed E-state index contributed by atoms with van der Waals surface area (Å²) in [7, 11) is 0. The molecule has 0 saturated carbocycles. The molecule has 0 bridgehead atoms. The van der Waals surface area contributed by atoms with Gasteiger partial charge in [0.15, 0.2) is 0 Å². The second-order valence-corrected chi connectivity index (χ2v) is 8.30. The predicted octanol–water partition coefficient (Wildman–Crippen LogP) is 7.34. The van der Waals surface area contributed by atoms with Crippen LogP contribution in [-0.4, -0.2) is 4.40 Å². The molecule has 0 saturated heterocycles. The molecular formula is C24H12INO. The van der Waals surface area contributed by atoms with Gasteiger partial charge in [-0.15, -0.1) is 0 Å². The van der Waals surface area contributed by atoms with Crippen molar-refractivity contribution >= 4 is 82.6 Å². The van der Waals surface area contributed by atoms with Crippen LogP contribution < -0.4 is 0 Å². The van der Waals surface area contributed by atoms with E-state index in [1.54, 1.807) is 0 Å². The van der Waals surface area contributed by atoms with Crippen molar-refractivity contribution in [3.63, 3.8) is 0 Å². The van der Waals surface area contributed by atoms with Gasteiger partial charge in [-0.3, -0.25) is 0 Å². The van der Waals surface area contributed by atoms with Crippen molar-refractivity contribution in [3.8, 4) is 0 Å². The molecule has 3 heteroatoms. The molecule has 7 rings (SSSR count). The Hall–Kier alpha value is -2.79. The lowest BCUT2D eigenvalue weighted by atomic mass is 10.1. The third-order valence-corrected chi connectivity index (χ3v) is 6.64. The van der Waals surface area contributed by atoms with E-state index in [2.05, 4.69) is 99.8 Å². The second-order valence-electron chi connectivity index (χ2n) is 7.14. The molecule has 126 valence electrons. The van der Waals surface area contributed by atoms with Crippen molar-refractivity contribution < 1.29 is 4.42 Å². The first kappa shape index (κ1) is 14.3. The Bertz CT molecular complexity index is 1690. The minimum Gasteiger partial charge on any atom is -0.455 e. The number of furan rings is 1. The average molecular weight is 457 g/mol. The Labute approximate surface area is 167 Å². The summed E-state index contributed by atoms with van der Waals surface area (Å²) in [6.07, 6.45) is 0. The topological polar surface area (TPSA) is 17.6 Å². The highest BCUT2D eigenvalue weighted by Crippen LogP contribution is 2.42. The van der Waals surface area contributed by atoms with Crippen molar-refractivity contribution in [1.82, 2.24) is 4.40 Å². The Kier molecular flexibility index (Phi) is 2.50. The molecule has 0 N–H and O–H groups in total. The van der Waals surface area contributed by atoms with Gasteiger partial charge in [0.1, 0.15) is 11.2 Å². The summed E-state index contributed by atoms with van der Waals surface area (Å²) in [5.74, 6) is 0. The molecule has 3 aromatic heterocycles. The third kappa shape index (κ3) is 1.62. The number of fused-ring (bicyclic) bond motifs is 9. The molecular weight excluding hydrogens is 445 g/mol. The Morgan fingerprint density at radius 1 is 0.630 bits per heavy atom. The number of aromatic nitrogens is 1. The number of hydrogen-bond donors (Lipinski definition) is 0. The third-order valence-electron chi connectivity index (χ3n) is 5.79. The maximum Gasteiger partial charge on any atom is 0.148 e. The first-order chi connectivity index (χ1) is 13.3. The molecule has 0 atom stereocenters. The van der Waals surface area contributed by atoms with E-state index in [4.69, 9.17) is 4.42 Å². The zero-order chi connectivity index (χ0) is 17.7.